The fraction of sp³-hybridized carbons (Fsp3) is 0.250. The number of alkyl halides is 3. The van der Waals surface area contributed by atoms with E-state index < -0.39 is 44.0 Å². The zero-order valence-electron chi connectivity index (χ0n) is 10.9. The topological polar surface area (TPSA) is 25.4 Å². The summed E-state index contributed by atoms with van der Waals surface area (Å²) in [5.41, 5.74) is -3.34. The minimum Gasteiger partial charge on any atom is -0.368 e. The van der Waals surface area contributed by atoms with E-state index in [4.69, 9.17) is 4.74 Å². The van der Waals surface area contributed by atoms with Crippen LogP contribution in [-0.2, 0) is 10.9 Å². The molecule has 128 valence electrons. The molecule has 1 aromatic heterocycles. The van der Waals surface area contributed by atoms with Crippen LogP contribution >= 0.6 is 10.2 Å². The first-order valence-corrected chi connectivity index (χ1v) is 7.98. The standard InChI is InChI=1S/C12H7F8NOS/c13-12(14,15)10-4-7(8-5-22-8)6-2-1-3-9(11(6)21-10)23(16,17,18,19)20/h1-4,8H,5H2/t8-/m1/s1. The van der Waals surface area contributed by atoms with Crippen molar-refractivity contribution in [3.05, 3.63) is 35.5 Å². The molecular formula is C12H7F8NOS. The van der Waals surface area contributed by atoms with Crippen molar-refractivity contribution < 1.29 is 37.3 Å². The lowest BCUT2D eigenvalue weighted by Gasteiger charge is -2.40. The second-order valence-electron chi connectivity index (χ2n) is 5.04. The number of pyridine rings is 1. The molecule has 0 N–H and O–H groups in total. The molecule has 2 nitrogen and oxygen atoms in total. The Morgan fingerprint density at radius 1 is 1.09 bits per heavy atom. The number of halogens is 8. The minimum atomic E-state index is -10.2. The molecule has 3 rings (SSSR count). The van der Waals surface area contributed by atoms with Gasteiger partial charge in [0, 0.05) is 5.39 Å². The molecule has 0 saturated carbocycles. The van der Waals surface area contributed by atoms with E-state index in [1.165, 1.54) is 0 Å². The summed E-state index contributed by atoms with van der Waals surface area (Å²) in [7, 11) is -10.2. The number of epoxide rings is 1. The van der Waals surface area contributed by atoms with E-state index in [9.17, 15) is 32.6 Å². The number of ether oxygens (including phenoxy) is 1. The van der Waals surface area contributed by atoms with Gasteiger partial charge in [-0.1, -0.05) is 31.6 Å². The van der Waals surface area contributed by atoms with Gasteiger partial charge in [0.05, 0.1) is 12.1 Å². The van der Waals surface area contributed by atoms with Crippen molar-refractivity contribution in [1.29, 1.82) is 0 Å². The SMILES string of the molecule is FC(F)(F)c1cc([C@H]2CO2)c2cccc(S(F)(F)(F)(F)F)c2n1. The van der Waals surface area contributed by atoms with Crippen LogP contribution in [0.5, 0.6) is 0 Å². The first-order valence-electron chi connectivity index (χ1n) is 6.03. The van der Waals surface area contributed by atoms with Gasteiger partial charge in [-0.3, -0.25) is 0 Å². The van der Waals surface area contributed by atoms with Crippen molar-refractivity contribution in [3.8, 4) is 0 Å². The number of benzene rings is 1. The van der Waals surface area contributed by atoms with Crippen LogP contribution in [0.25, 0.3) is 10.9 Å². The van der Waals surface area contributed by atoms with Crippen LogP contribution < -0.4 is 0 Å². The second kappa shape index (κ2) is 3.89. The van der Waals surface area contributed by atoms with E-state index in [2.05, 4.69) is 4.98 Å². The predicted octanol–water partition coefficient (Wildman–Crippen LogP) is 5.98. The van der Waals surface area contributed by atoms with E-state index in [0.717, 1.165) is 6.07 Å². The number of rotatable bonds is 2. The Morgan fingerprint density at radius 3 is 2.17 bits per heavy atom. The molecule has 2 aromatic rings. The van der Waals surface area contributed by atoms with Gasteiger partial charge in [0.15, 0.2) is 0 Å². The van der Waals surface area contributed by atoms with Gasteiger partial charge in [-0.25, -0.2) is 4.98 Å². The molecule has 0 radical (unpaired) electrons. The maximum atomic E-state index is 13.1. The Balaban J connectivity index is 2.44. The summed E-state index contributed by atoms with van der Waals surface area (Å²) in [5, 5.41) is -0.439. The van der Waals surface area contributed by atoms with E-state index in [1.807, 2.05) is 0 Å². The predicted molar refractivity (Wildman–Crippen MR) is 66.8 cm³/mol. The van der Waals surface area contributed by atoms with Crippen molar-refractivity contribution in [1.82, 2.24) is 4.98 Å². The highest BCUT2D eigenvalue weighted by Crippen LogP contribution is 3.02. The molecular weight excluding hydrogens is 358 g/mol. The van der Waals surface area contributed by atoms with E-state index in [-0.39, 0.29) is 18.2 Å². The summed E-state index contributed by atoms with van der Waals surface area (Å²) in [5.74, 6) is 0. The fourth-order valence-corrected chi connectivity index (χ4v) is 3.06. The maximum absolute atomic E-state index is 13.1. The van der Waals surface area contributed by atoms with E-state index in [1.54, 1.807) is 0 Å². The van der Waals surface area contributed by atoms with Gasteiger partial charge in [-0.05, 0) is 17.7 Å². The van der Waals surface area contributed by atoms with Gasteiger partial charge >= 0.3 is 16.4 Å². The largest absolute Gasteiger partial charge is 0.433 e. The number of hydrogen-bond donors (Lipinski definition) is 0. The molecule has 1 aliphatic heterocycles. The summed E-state index contributed by atoms with van der Waals surface area (Å²) < 4.78 is 109. The summed E-state index contributed by atoms with van der Waals surface area (Å²) in [6, 6.07) is 2.27. The lowest BCUT2D eigenvalue weighted by Crippen LogP contribution is -2.12. The van der Waals surface area contributed by atoms with Gasteiger partial charge in [-0.2, -0.15) is 13.2 Å². The van der Waals surface area contributed by atoms with Gasteiger partial charge in [0.25, 0.3) is 0 Å². The molecule has 1 saturated heterocycles. The van der Waals surface area contributed by atoms with Crippen molar-refractivity contribution >= 4 is 21.1 Å². The second-order valence-corrected chi connectivity index (χ2v) is 7.42. The average Bonchev–Trinajstić information content (AvgIpc) is 3.16. The molecule has 1 aliphatic rings. The molecule has 23 heavy (non-hydrogen) atoms. The molecule has 0 aliphatic carbocycles. The van der Waals surface area contributed by atoms with Crippen molar-refractivity contribution in [3.63, 3.8) is 0 Å². The quantitative estimate of drug-likeness (QED) is 0.483. The highest BCUT2D eigenvalue weighted by Gasteiger charge is 2.66. The molecule has 1 fully saturated rings. The first kappa shape index (κ1) is 16.2. The third kappa shape index (κ3) is 3.07. The molecule has 0 spiro atoms. The van der Waals surface area contributed by atoms with Gasteiger partial charge < -0.3 is 4.74 Å². The number of hydrogen-bond acceptors (Lipinski definition) is 2. The van der Waals surface area contributed by atoms with Crippen LogP contribution in [0, 0.1) is 0 Å². The summed E-state index contributed by atoms with van der Waals surface area (Å²) >= 11 is 0. The Kier molecular flexibility index (Phi) is 2.74. The van der Waals surface area contributed by atoms with Gasteiger partial charge in [-0.15, -0.1) is 0 Å². The monoisotopic (exact) mass is 365 g/mol. The van der Waals surface area contributed by atoms with Gasteiger partial charge in [0.1, 0.15) is 16.7 Å². The third-order valence-electron chi connectivity index (χ3n) is 3.22. The smallest absolute Gasteiger partial charge is 0.368 e. The lowest BCUT2D eigenvalue weighted by atomic mass is 10.0. The minimum absolute atomic E-state index is 0.00293. The fourth-order valence-electron chi connectivity index (χ4n) is 2.20. The molecule has 2 heterocycles. The van der Waals surface area contributed by atoms with Crippen LogP contribution in [0.15, 0.2) is 29.2 Å². The third-order valence-corrected chi connectivity index (χ3v) is 4.38. The van der Waals surface area contributed by atoms with Crippen molar-refractivity contribution in [2.24, 2.45) is 0 Å². The molecule has 0 bridgehead atoms. The van der Waals surface area contributed by atoms with Crippen molar-refractivity contribution in [2.45, 2.75) is 17.2 Å². The Hall–Kier alpha value is -1.62. The van der Waals surface area contributed by atoms with E-state index >= 15 is 0 Å². The number of fused-ring (bicyclic) bond motifs is 1. The van der Waals surface area contributed by atoms with Gasteiger partial charge in [0.2, 0.25) is 0 Å². The van der Waals surface area contributed by atoms with Crippen molar-refractivity contribution in [2.75, 3.05) is 6.61 Å². The molecule has 0 amide bonds. The molecule has 1 atom stereocenters. The number of aromatic nitrogens is 1. The molecule has 11 heteroatoms. The highest BCUT2D eigenvalue weighted by molar-refractivity contribution is 8.46. The number of para-hydroxylation sites is 1. The lowest BCUT2D eigenvalue weighted by molar-refractivity contribution is -0.141. The Morgan fingerprint density at radius 2 is 1.70 bits per heavy atom. The van der Waals surface area contributed by atoms with E-state index in [0.29, 0.717) is 12.1 Å². The molecule has 1 aromatic carbocycles. The van der Waals surface area contributed by atoms with Crippen LogP contribution in [0.1, 0.15) is 17.4 Å². The normalized spacial score (nSPS) is 21.8. The molecule has 0 unspecified atom stereocenters. The summed E-state index contributed by atoms with van der Waals surface area (Å²) in [6.07, 6.45) is -5.95. The zero-order chi connectivity index (χ0) is 17.3. The maximum Gasteiger partial charge on any atom is 0.433 e. The Labute approximate surface area is 123 Å². The number of nitrogens with zero attached hydrogens (tertiary/aromatic N) is 1. The highest BCUT2D eigenvalue weighted by atomic mass is 32.5. The summed E-state index contributed by atoms with van der Waals surface area (Å²) in [6.45, 7) is -0.00293. The average molecular weight is 365 g/mol. The van der Waals surface area contributed by atoms with Crippen LogP contribution in [0.2, 0.25) is 0 Å². The van der Waals surface area contributed by atoms with Crippen LogP contribution in [0.3, 0.4) is 0 Å². The van der Waals surface area contributed by atoms with Crippen LogP contribution in [-0.4, -0.2) is 11.6 Å². The Bertz CT molecular complexity index is 810. The summed E-state index contributed by atoms with van der Waals surface area (Å²) in [4.78, 5) is 0.388. The van der Waals surface area contributed by atoms with Crippen LogP contribution in [0.4, 0.5) is 32.6 Å². The zero-order valence-corrected chi connectivity index (χ0v) is 11.7. The first-order chi connectivity index (χ1) is 10.2.